The van der Waals surface area contributed by atoms with E-state index in [1.807, 2.05) is 11.8 Å². The highest BCUT2D eigenvalue weighted by molar-refractivity contribution is 8.00. The molecule has 0 aliphatic carbocycles. The van der Waals surface area contributed by atoms with Crippen LogP contribution in [0.3, 0.4) is 0 Å². The van der Waals surface area contributed by atoms with Gasteiger partial charge in [-0.15, -0.1) is 0 Å². The molecule has 0 aromatic heterocycles. The zero-order valence-electron chi connectivity index (χ0n) is 11.1. The van der Waals surface area contributed by atoms with Gasteiger partial charge in [0.2, 0.25) is 9.84 Å². The van der Waals surface area contributed by atoms with Crippen LogP contribution in [0.2, 0.25) is 0 Å². The number of halogens is 2. The number of hydrogen-bond donors (Lipinski definition) is 1. The standard InChI is InChI=1S/C13H17F2NO2S2/c1-13(7-2-8-19-13)9-16-10-3-5-11(6-4-10)20(17,18)12(14)15/h3-6,12,16H,2,7-9H2,1H3. The molecule has 1 fully saturated rings. The van der Waals surface area contributed by atoms with Gasteiger partial charge in [0.1, 0.15) is 0 Å². The van der Waals surface area contributed by atoms with E-state index in [-0.39, 0.29) is 9.64 Å². The molecule has 1 aliphatic rings. The number of hydrogen-bond acceptors (Lipinski definition) is 4. The lowest BCUT2D eigenvalue weighted by Gasteiger charge is -2.23. The highest BCUT2D eigenvalue weighted by Crippen LogP contribution is 2.37. The summed E-state index contributed by atoms with van der Waals surface area (Å²) in [6, 6.07) is 5.48. The van der Waals surface area contributed by atoms with Crippen LogP contribution in [-0.2, 0) is 9.84 Å². The largest absolute Gasteiger partial charge is 0.384 e. The second-order valence-electron chi connectivity index (χ2n) is 5.09. The molecular weight excluding hydrogens is 304 g/mol. The predicted octanol–water partition coefficient (Wildman–Crippen LogP) is 3.38. The molecule has 0 radical (unpaired) electrons. The third-order valence-corrected chi connectivity index (χ3v) is 6.32. The summed E-state index contributed by atoms with van der Waals surface area (Å²) < 4.78 is 47.6. The van der Waals surface area contributed by atoms with Crippen LogP contribution >= 0.6 is 11.8 Å². The molecule has 3 nitrogen and oxygen atoms in total. The SMILES string of the molecule is CC1(CNc2ccc(S(=O)(=O)C(F)F)cc2)CCCS1. The van der Waals surface area contributed by atoms with Gasteiger partial charge < -0.3 is 5.32 Å². The highest BCUT2D eigenvalue weighted by Gasteiger charge is 2.29. The first kappa shape index (κ1) is 15.6. The molecule has 1 unspecified atom stereocenters. The van der Waals surface area contributed by atoms with Crippen molar-refractivity contribution in [1.29, 1.82) is 0 Å². The Balaban J connectivity index is 2.02. The maximum atomic E-state index is 12.4. The zero-order valence-corrected chi connectivity index (χ0v) is 12.7. The van der Waals surface area contributed by atoms with Crippen LogP contribution < -0.4 is 5.32 Å². The van der Waals surface area contributed by atoms with Gasteiger partial charge in [0.15, 0.2) is 0 Å². The molecular formula is C13H17F2NO2S2. The molecule has 112 valence electrons. The minimum Gasteiger partial charge on any atom is -0.384 e. The molecule has 20 heavy (non-hydrogen) atoms. The molecule has 1 aromatic rings. The van der Waals surface area contributed by atoms with E-state index in [2.05, 4.69) is 12.2 Å². The van der Waals surface area contributed by atoms with Gasteiger partial charge in [0.05, 0.1) is 4.90 Å². The summed E-state index contributed by atoms with van der Waals surface area (Å²) in [5.41, 5.74) is 0.743. The summed E-state index contributed by atoms with van der Waals surface area (Å²) in [7, 11) is -4.50. The number of anilines is 1. The van der Waals surface area contributed by atoms with Gasteiger partial charge in [0.25, 0.3) is 0 Å². The summed E-state index contributed by atoms with van der Waals surface area (Å²) in [4.78, 5) is -0.348. The lowest BCUT2D eigenvalue weighted by Crippen LogP contribution is -2.27. The molecule has 0 saturated carbocycles. The van der Waals surface area contributed by atoms with E-state index in [1.54, 1.807) is 0 Å². The second kappa shape index (κ2) is 5.89. The van der Waals surface area contributed by atoms with Crippen LogP contribution in [0.25, 0.3) is 0 Å². The topological polar surface area (TPSA) is 46.2 Å². The Morgan fingerprint density at radius 2 is 2.00 bits per heavy atom. The van der Waals surface area contributed by atoms with E-state index in [4.69, 9.17) is 0 Å². The molecule has 1 aromatic carbocycles. The van der Waals surface area contributed by atoms with Crippen LogP contribution in [0, 0.1) is 0 Å². The van der Waals surface area contributed by atoms with Crippen molar-refractivity contribution in [2.24, 2.45) is 0 Å². The van der Waals surface area contributed by atoms with Gasteiger partial charge in [-0.1, -0.05) is 0 Å². The molecule has 1 aliphatic heterocycles. The highest BCUT2D eigenvalue weighted by atomic mass is 32.2. The number of thioether (sulfide) groups is 1. The Hall–Kier alpha value is -0.820. The van der Waals surface area contributed by atoms with Gasteiger partial charge in [-0.2, -0.15) is 20.5 Å². The van der Waals surface area contributed by atoms with Crippen LogP contribution in [0.15, 0.2) is 29.2 Å². The average Bonchev–Trinajstić information content (AvgIpc) is 2.84. The number of alkyl halides is 2. The number of benzene rings is 1. The Morgan fingerprint density at radius 3 is 2.50 bits per heavy atom. The van der Waals surface area contributed by atoms with Crippen LogP contribution in [-0.4, -0.2) is 31.2 Å². The Labute approximate surface area is 122 Å². The van der Waals surface area contributed by atoms with Crippen molar-refractivity contribution in [3.8, 4) is 0 Å². The van der Waals surface area contributed by atoms with E-state index in [0.29, 0.717) is 0 Å². The Bertz CT molecular complexity index is 552. The smallest absolute Gasteiger partial charge is 0.341 e. The Morgan fingerprint density at radius 1 is 1.35 bits per heavy atom. The summed E-state index contributed by atoms with van der Waals surface area (Å²) >= 11 is 1.92. The average molecular weight is 321 g/mol. The van der Waals surface area contributed by atoms with Crippen molar-refractivity contribution in [2.75, 3.05) is 17.6 Å². The monoisotopic (exact) mass is 321 g/mol. The van der Waals surface area contributed by atoms with E-state index >= 15 is 0 Å². The summed E-state index contributed by atoms with van der Waals surface area (Å²) in [5.74, 6) is -2.22. The first-order valence-corrected chi connectivity index (χ1v) is 8.87. The molecule has 0 spiro atoms. The van der Waals surface area contributed by atoms with Crippen molar-refractivity contribution < 1.29 is 17.2 Å². The maximum absolute atomic E-state index is 12.4. The number of rotatable bonds is 5. The van der Waals surface area contributed by atoms with Crippen LogP contribution in [0.1, 0.15) is 19.8 Å². The van der Waals surface area contributed by atoms with Gasteiger partial charge in [-0.3, -0.25) is 0 Å². The fraction of sp³-hybridized carbons (Fsp3) is 0.538. The van der Waals surface area contributed by atoms with Gasteiger partial charge in [0, 0.05) is 17.0 Å². The van der Waals surface area contributed by atoms with Gasteiger partial charge in [-0.05, 0) is 49.8 Å². The van der Waals surface area contributed by atoms with E-state index in [9.17, 15) is 17.2 Å². The third-order valence-electron chi connectivity index (χ3n) is 3.38. The molecule has 1 N–H and O–H groups in total. The van der Waals surface area contributed by atoms with Crippen molar-refractivity contribution in [3.05, 3.63) is 24.3 Å². The van der Waals surface area contributed by atoms with Crippen LogP contribution in [0.5, 0.6) is 0 Å². The zero-order chi connectivity index (χ0) is 14.8. The summed E-state index contributed by atoms with van der Waals surface area (Å²) in [6.07, 6.45) is 2.34. The number of sulfone groups is 1. The van der Waals surface area contributed by atoms with Crippen molar-refractivity contribution in [2.45, 2.75) is 35.2 Å². The van der Waals surface area contributed by atoms with E-state index < -0.39 is 15.6 Å². The Kier molecular flexibility index (Phi) is 4.59. The summed E-state index contributed by atoms with van der Waals surface area (Å²) in [6.45, 7) is 2.96. The lowest BCUT2D eigenvalue weighted by molar-refractivity contribution is 0.234. The molecule has 1 saturated heterocycles. The molecule has 0 amide bonds. The third kappa shape index (κ3) is 3.44. The lowest BCUT2D eigenvalue weighted by atomic mass is 10.1. The fourth-order valence-electron chi connectivity index (χ4n) is 2.13. The summed E-state index contributed by atoms with van der Waals surface area (Å²) in [5, 5.41) is 3.23. The maximum Gasteiger partial charge on any atom is 0.341 e. The first-order valence-electron chi connectivity index (χ1n) is 6.33. The van der Waals surface area contributed by atoms with Crippen molar-refractivity contribution in [3.63, 3.8) is 0 Å². The second-order valence-corrected chi connectivity index (χ2v) is 8.69. The van der Waals surface area contributed by atoms with E-state index in [1.165, 1.54) is 30.7 Å². The van der Waals surface area contributed by atoms with Gasteiger partial charge >= 0.3 is 5.76 Å². The predicted molar refractivity (Wildman–Crippen MR) is 78.2 cm³/mol. The quantitative estimate of drug-likeness (QED) is 0.903. The first-order chi connectivity index (χ1) is 9.33. The van der Waals surface area contributed by atoms with Crippen molar-refractivity contribution in [1.82, 2.24) is 0 Å². The molecule has 7 heteroatoms. The van der Waals surface area contributed by atoms with Gasteiger partial charge in [-0.25, -0.2) is 8.42 Å². The fourth-order valence-corrected chi connectivity index (χ4v) is 4.10. The molecule has 2 rings (SSSR count). The minimum absolute atomic E-state index is 0.188. The molecule has 0 bridgehead atoms. The van der Waals surface area contributed by atoms with Crippen LogP contribution in [0.4, 0.5) is 14.5 Å². The van der Waals surface area contributed by atoms with Crippen molar-refractivity contribution >= 4 is 27.3 Å². The molecule has 1 atom stereocenters. The minimum atomic E-state index is -4.50. The normalized spacial score (nSPS) is 23.2. The molecule has 1 heterocycles. The number of nitrogens with one attached hydrogen (secondary N) is 1. The van der Waals surface area contributed by atoms with E-state index in [0.717, 1.165) is 24.4 Å².